The minimum Gasteiger partial charge on any atom is -0.444 e. The van der Waals surface area contributed by atoms with Gasteiger partial charge in [-0.25, -0.2) is 9.78 Å². The smallest absolute Gasteiger partial charge is 0.413 e. The van der Waals surface area contributed by atoms with E-state index in [-0.39, 0.29) is 0 Å². The molecule has 102 valence electrons. The van der Waals surface area contributed by atoms with Crippen LogP contribution in [0.1, 0.15) is 37.8 Å². The number of thiol groups is 1. The van der Waals surface area contributed by atoms with Crippen molar-refractivity contribution in [2.75, 3.05) is 11.1 Å². The molecule has 1 aromatic rings. The molecule has 0 bridgehead atoms. The van der Waals surface area contributed by atoms with Crippen molar-refractivity contribution in [1.82, 2.24) is 4.98 Å². The number of ether oxygens (including phenoxy) is 1. The second-order valence-electron chi connectivity index (χ2n) is 4.98. The largest absolute Gasteiger partial charge is 0.444 e. The molecule has 0 saturated heterocycles. The number of anilines is 1. The number of aromatic nitrogens is 1. The number of hydrogen-bond acceptors (Lipinski definition) is 5. The van der Waals surface area contributed by atoms with Crippen LogP contribution in [0, 0.1) is 6.92 Å². The molecule has 6 heteroatoms. The van der Waals surface area contributed by atoms with Crippen LogP contribution in [-0.2, 0) is 11.2 Å². The maximum Gasteiger partial charge on any atom is 0.413 e. The van der Waals surface area contributed by atoms with E-state index in [0.717, 1.165) is 24.3 Å². The average Bonchev–Trinajstić information content (AvgIpc) is 2.52. The van der Waals surface area contributed by atoms with Crippen LogP contribution in [0.3, 0.4) is 0 Å². The summed E-state index contributed by atoms with van der Waals surface area (Å²) in [5.74, 6) is 0.853. The van der Waals surface area contributed by atoms with E-state index >= 15 is 0 Å². The zero-order valence-electron chi connectivity index (χ0n) is 11.2. The molecular formula is C12H20N2O2S2. The van der Waals surface area contributed by atoms with Crippen LogP contribution in [0.25, 0.3) is 0 Å². The van der Waals surface area contributed by atoms with Crippen LogP contribution in [0.5, 0.6) is 0 Å². The van der Waals surface area contributed by atoms with Crippen LogP contribution in [0.2, 0.25) is 0 Å². The number of hydrogen-bond donors (Lipinski definition) is 2. The molecule has 0 spiro atoms. The molecule has 0 aliphatic carbocycles. The molecule has 1 N–H and O–H groups in total. The van der Waals surface area contributed by atoms with Gasteiger partial charge < -0.3 is 4.74 Å². The summed E-state index contributed by atoms with van der Waals surface area (Å²) >= 11 is 5.69. The molecule has 0 aliphatic rings. The third kappa shape index (κ3) is 5.27. The summed E-state index contributed by atoms with van der Waals surface area (Å²) in [7, 11) is 0. The van der Waals surface area contributed by atoms with Crippen LogP contribution in [0.15, 0.2) is 0 Å². The zero-order valence-corrected chi connectivity index (χ0v) is 13.0. The van der Waals surface area contributed by atoms with Gasteiger partial charge in [0.2, 0.25) is 0 Å². The van der Waals surface area contributed by atoms with Crippen LogP contribution in [-0.4, -0.2) is 22.4 Å². The Morgan fingerprint density at radius 1 is 1.50 bits per heavy atom. The summed E-state index contributed by atoms with van der Waals surface area (Å²) in [6.45, 7) is 7.44. The van der Waals surface area contributed by atoms with Crippen molar-refractivity contribution in [1.29, 1.82) is 0 Å². The highest BCUT2D eigenvalue weighted by Gasteiger charge is 2.17. The lowest BCUT2D eigenvalue weighted by atomic mass is 10.2. The van der Waals surface area contributed by atoms with Gasteiger partial charge in [-0.2, -0.15) is 12.6 Å². The molecule has 0 fully saturated rings. The fourth-order valence-corrected chi connectivity index (χ4v) is 2.49. The fourth-order valence-electron chi connectivity index (χ4n) is 1.34. The number of carbonyl (C=O) groups is 1. The number of amides is 1. The van der Waals surface area contributed by atoms with Gasteiger partial charge >= 0.3 is 6.09 Å². The SMILES string of the molecule is Cc1nc(NC(=O)OC(C)(C)C)sc1CCCS. The molecule has 4 nitrogen and oxygen atoms in total. The second-order valence-corrected chi connectivity index (χ2v) is 6.51. The van der Waals surface area contributed by atoms with E-state index in [4.69, 9.17) is 4.74 Å². The Kier molecular flexibility index (Phi) is 5.47. The van der Waals surface area contributed by atoms with Crippen molar-refractivity contribution in [2.24, 2.45) is 0 Å². The topological polar surface area (TPSA) is 51.2 Å². The third-order valence-corrected chi connectivity index (χ3v) is 3.51. The summed E-state index contributed by atoms with van der Waals surface area (Å²) < 4.78 is 5.18. The highest BCUT2D eigenvalue weighted by Crippen LogP contribution is 2.24. The molecule has 1 aromatic heterocycles. The first kappa shape index (κ1) is 15.3. The van der Waals surface area contributed by atoms with Crippen LogP contribution in [0.4, 0.5) is 9.93 Å². The Hall–Kier alpha value is -0.750. The standard InChI is InChI=1S/C12H20N2O2S2/c1-8-9(6-5-7-17)18-10(13-8)14-11(15)16-12(2,3)4/h17H,5-7H2,1-4H3,(H,13,14,15). The van der Waals surface area contributed by atoms with E-state index in [2.05, 4.69) is 22.9 Å². The lowest BCUT2D eigenvalue weighted by Crippen LogP contribution is -2.27. The van der Waals surface area contributed by atoms with Crippen LogP contribution < -0.4 is 5.32 Å². The Labute approximate surface area is 118 Å². The van der Waals surface area contributed by atoms with E-state index in [1.54, 1.807) is 0 Å². The van der Waals surface area contributed by atoms with Crippen molar-refractivity contribution in [3.63, 3.8) is 0 Å². The van der Waals surface area contributed by atoms with Gasteiger partial charge in [0.05, 0.1) is 5.69 Å². The maximum atomic E-state index is 11.6. The summed E-state index contributed by atoms with van der Waals surface area (Å²) in [5, 5.41) is 3.26. The van der Waals surface area contributed by atoms with Crippen molar-refractivity contribution in [2.45, 2.75) is 46.1 Å². The van der Waals surface area contributed by atoms with Gasteiger partial charge in [0.25, 0.3) is 0 Å². The number of aryl methyl sites for hydroxylation is 2. The fraction of sp³-hybridized carbons (Fsp3) is 0.667. The molecule has 1 rings (SSSR count). The van der Waals surface area contributed by atoms with E-state index in [1.807, 2.05) is 27.7 Å². The van der Waals surface area contributed by atoms with E-state index in [1.165, 1.54) is 16.2 Å². The highest BCUT2D eigenvalue weighted by atomic mass is 32.1. The lowest BCUT2D eigenvalue weighted by Gasteiger charge is -2.18. The number of carbonyl (C=O) groups excluding carboxylic acids is 1. The van der Waals surface area contributed by atoms with Crippen molar-refractivity contribution in [3.8, 4) is 0 Å². The van der Waals surface area contributed by atoms with E-state index in [9.17, 15) is 4.79 Å². The minimum atomic E-state index is -0.495. The molecule has 18 heavy (non-hydrogen) atoms. The van der Waals surface area contributed by atoms with Crippen molar-refractivity contribution in [3.05, 3.63) is 10.6 Å². The van der Waals surface area contributed by atoms with E-state index < -0.39 is 11.7 Å². The van der Waals surface area contributed by atoms with Gasteiger partial charge in [-0.15, -0.1) is 11.3 Å². The average molecular weight is 288 g/mol. The summed E-state index contributed by atoms with van der Waals surface area (Å²) in [5.41, 5.74) is 0.471. The predicted octanol–water partition coefficient (Wildman–Crippen LogP) is 3.66. The Morgan fingerprint density at radius 2 is 2.17 bits per heavy atom. The highest BCUT2D eigenvalue weighted by molar-refractivity contribution is 7.80. The predicted molar refractivity (Wildman–Crippen MR) is 78.9 cm³/mol. The Balaban J connectivity index is 2.60. The number of thiazole rings is 1. The Bertz CT molecular complexity index is 411. The normalized spacial score (nSPS) is 11.4. The Morgan fingerprint density at radius 3 is 2.72 bits per heavy atom. The van der Waals surface area contributed by atoms with Gasteiger partial charge in [0, 0.05) is 4.88 Å². The quantitative estimate of drug-likeness (QED) is 0.831. The maximum absolute atomic E-state index is 11.6. The summed E-state index contributed by atoms with van der Waals surface area (Å²) in [4.78, 5) is 17.1. The number of nitrogens with one attached hydrogen (secondary N) is 1. The van der Waals surface area contributed by atoms with Gasteiger partial charge in [0.1, 0.15) is 5.60 Å². The van der Waals surface area contributed by atoms with Gasteiger partial charge in [-0.05, 0) is 46.3 Å². The molecule has 0 unspecified atom stereocenters. The third-order valence-electron chi connectivity index (χ3n) is 2.06. The zero-order chi connectivity index (χ0) is 13.8. The van der Waals surface area contributed by atoms with Crippen molar-refractivity contribution >= 4 is 35.2 Å². The molecule has 0 aromatic carbocycles. The van der Waals surface area contributed by atoms with Crippen LogP contribution >= 0.6 is 24.0 Å². The van der Waals surface area contributed by atoms with Gasteiger partial charge in [-0.1, -0.05) is 0 Å². The van der Waals surface area contributed by atoms with Gasteiger partial charge in [-0.3, -0.25) is 5.32 Å². The number of rotatable bonds is 4. The minimum absolute atomic E-state index is 0.461. The number of nitrogens with zero attached hydrogens (tertiary/aromatic N) is 1. The molecule has 0 saturated carbocycles. The first-order valence-electron chi connectivity index (χ1n) is 5.89. The summed E-state index contributed by atoms with van der Waals surface area (Å²) in [6, 6.07) is 0. The van der Waals surface area contributed by atoms with E-state index in [0.29, 0.717) is 5.13 Å². The lowest BCUT2D eigenvalue weighted by molar-refractivity contribution is 0.0636. The van der Waals surface area contributed by atoms with Gasteiger partial charge in [0.15, 0.2) is 5.13 Å². The molecule has 0 radical (unpaired) electrons. The monoisotopic (exact) mass is 288 g/mol. The first-order valence-corrected chi connectivity index (χ1v) is 7.34. The molecule has 0 atom stereocenters. The first-order chi connectivity index (χ1) is 8.31. The summed E-state index contributed by atoms with van der Waals surface area (Å²) in [6.07, 6.45) is 1.50. The second kappa shape index (κ2) is 6.43. The molecular weight excluding hydrogens is 268 g/mol. The molecule has 0 aliphatic heterocycles. The van der Waals surface area contributed by atoms with Crippen molar-refractivity contribution < 1.29 is 9.53 Å². The molecule has 1 amide bonds. The molecule has 1 heterocycles.